The first-order valence-electron chi connectivity index (χ1n) is 4.94. The Morgan fingerprint density at radius 3 is 3.00 bits per heavy atom. The van der Waals surface area contributed by atoms with Gasteiger partial charge in [0.25, 0.3) is 0 Å². The first-order chi connectivity index (χ1) is 7.13. The molecule has 1 N–H and O–H groups in total. The maximum absolute atomic E-state index is 11.3. The number of nitrogens with one attached hydrogen (secondary N) is 1. The van der Waals surface area contributed by atoms with E-state index in [0.717, 1.165) is 9.88 Å². The van der Waals surface area contributed by atoms with Crippen LogP contribution in [0.25, 0.3) is 0 Å². The molecule has 1 atom stereocenters. The van der Waals surface area contributed by atoms with Crippen LogP contribution in [0.2, 0.25) is 0 Å². The van der Waals surface area contributed by atoms with Crippen molar-refractivity contribution < 1.29 is 9.53 Å². The van der Waals surface area contributed by atoms with Gasteiger partial charge in [-0.15, -0.1) is 11.3 Å². The molecule has 0 fully saturated rings. The van der Waals surface area contributed by atoms with E-state index >= 15 is 0 Å². The van der Waals surface area contributed by atoms with E-state index in [4.69, 9.17) is 4.74 Å². The van der Waals surface area contributed by atoms with Gasteiger partial charge >= 0.3 is 5.97 Å². The Labute approximate surface area is 93.7 Å². The van der Waals surface area contributed by atoms with E-state index in [2.05, 4.69) is 10.3 Å². The Hall–Kier alpha value is -0.940. The molecule has 5 heteroatoms. The smallest absolute Gasteiger partial charge is 0.322 e. The first-order valence-corrected chi connectivity index (χ1v) is 5.76. The van der Waals surface area contributed by atoms with Gasteiger partial charge in [-0.25, -0.2) is 4.98 Å². The van der Waals surface area contributed by atoms with Gasteiger partial charge in [0.1, 0.15) is 6.04 Å². The number of aromatic nitrogens is 1. The van der Waals surface area contributed by atoms with E-state index in [1.54, 1.807) is 25.2 Å². The second-order valence-corrected chi connectivity index (χ2v) is 4.52. The molecule has 0 amide bonds. The Bertz CT molecular complexity index is 325. The van der Waals surface area contributed by atoms with Crippen molar-refractivity contribution in [2.45, 2.75) is 33.4 Å². The lowest BCUT2D eigenvalue weighted by atomic mass is 10.3. The molecule has 0 saturated heterocycles. The lowest BCUT2D eigenvalue weighted by molar-refractivity contribution is -0.145. The summed E-state index contributed by atoms with van der Waals surface area (Å²) in [5.74, 6) is -0.210. The molecule has 0 radical (unpaired) electrons. The summed E-state index contributed by atoms with van der Waals surface area (Å²) >= 11 is 1.63. The largest absolute Gasteiger partial charge is 0.465 e. The van der Waals surface area contributed by atoms with Crippen molar-refractivity contribution in [1.82, 2.24) is 10.3 Å². The summed E-state index contributed by atoms with van der Waals surface area (Å²) in [6.07, 6.45) is 1.82. The van der Waals surface area contributed by atoms with Crippen LogP contribution < -0.4 is 5.32 Å². The number of carbonyl (C=O) groups excluding carboxylic acids is 1. The molecule has 1 rings (SSSR count). The lowest BCUT2D eigenvalue weighted by Crippen LogP contribution is -2.34. The standard InChI is InChI=1S/C10H16N2O2S/c1-4-14-10(13)7(2)11-5-9-6-12-8(3)15-9/h6-7,11H,4-5H2,1-3H3. The van der Waals surface area contributed by atoms with Crippen LogP contribution in [0.15, 0.2) is 6.20 Å². The summed E-state index contributed by atoms with van der Waals surface area (Å²) in [4.78, 5) is 16.5. The zero-order valence-corrected chi connectivity index (χ0v) is 10.1. The van der Waals surface area contributed by atoms with Crippen molar-refractivity contribution >= 4 is 17.3 Å². The minimum absolute atomic E-state index is 0.210. The molecule has 15 heavy (non-hydrogen) atoms. The fourth-order valence-corrected chi connectivity index (χ4v) is 1.84. The molecular weight excluding hydrogens is 212 g/mol. The van der Waals surface area contributed by atoms with Crippen molar-refractivity contribution in [3.63, 3.8) is 0 Å². The Morgan fingerprint density at radius 2 is 2.47 bits per heavy atom. The number of ether oxygens (including phenoxy) is 1. The van der Waals surface area contributed by atoms with Crippen molar-refractivity contribution in [3.05, 3.63) is 16.1 Å². The summed E-state index contributed by atoms with van der Waals surface area (Å²) in [6, 6.07) is -0.271. The summed E-state index contributed by atoms with van der Waals surface area (Å²) in [7, 11) is 0. The topological polar surface area (TPSA) is 51.2 Å². The molecule has 4 nitrogen and oxygen atoms in total. The lowest BCUT2D eigenvalue weighted by Gasteiger charge is -2.11. The molecule has 1 heterocycles. The quantitative estimate of drug-likeness (QED) is 0.776. The summed E-state index contributed by atoms with van der Waals surface area (Å²) in [6.45, 7) is 6.64. The third kappa shape index (κ3) is 3.97. The predicted octanol–water partition coefficient (Wildman–Crippen LogP) is 1.49. The molecule has 0 aliphatic carbocycles. The third-order valence-electron chi connectivity index (χ3n) is 1.89. The molecule has 1 aromatic rings. The maximum Gasteiger partial charge on any atom is 0.322 e. The van der Waals surface area contributed by atoms with Crippen LogP contribution in [0.4, 0.5) is 0 Å². The van der Waals surface area contributed by atoms with E-state index in [1.165, 1.54) is 0 Å². The fraction of sp³-hybridized carbons (Fsp3) is 0.600. The Morgan fingerprint density at radius 1 is 1.73 bits per heavy atom. The SMILES string of the molecule is CCOC(=O)C(C)NCc1cnc(C)s1. The number of hydrogen-bond donors (Lipinski definition) is 1. The van der Waals surface area contributed by atoms with E-state index in [9.17, 15) is 4.79 Å². The summed E-state index contributed by atoms with van der Waals surface area (Å²) in [5.41, 5.74) is 0. The predicted molar refractivity (Wildman–Crippen MR) is 59.8 cm³/mol. The van der Waals surface area contributed by atoms with Gasteiger partial charge in [0.2, 0.25) is 0 Å². The van der Waals surface area contributed by atoms with Crippen LogP contribution >= 0.6 is 11.3 Å². The zero-order chi connectivity index (χ0) is 11.3. The molecule has 0 aliphatic rings. The van der Waals surface area contributed by atoms with Crippen LogP contribution in [0.3, 0.4) is 0 Å². The van der Waals surface area contributed by atoms with Crippen LogP contribution in [0.5, 0.6) is 0 Å². The molecule has 1 aromatic heterocycles. The van der Waals surface area contributed by atoms with Crippen molar-refractivity contribution in [2.75, 3.05) is 6.61 Å². The second kappa shape index (κ2) is 5.82. The average molecular weight is 228 g/mol. The molecule has 0 spiro atoms. The summed E-state index contributed by atoms with van der Waals surface area (Å²) in [5, 5.41) is 4.13. The molecule has 1 unspecified atom stereocenters. The Kier molecular flexibility index (Phi) is 4.71. The Balaban J connectivity index is 2.33. The van der Waals surface area contributed by atoms with Gasteiger partial charge < -0.3 is 4.74 Å². The minimum Gasteiger partial charge on any atom is -0.465 e. The normalized spacial score (nSPS) is 12.5. The van der Waals surface area contributed by atoms with E-state index in [-0.39, 0.29) is 12.0 Å². The van der Waals surface area contributed by atoms with Crippen molar-refractivity contribution in [2.24, 2.45) is 0 Å². The van der Waals surface area contributed by atoms with Crippen molar-refractivity contribution in [3.8, 4) is 0 Å². The number of nitrogens with zero attached hydrogens (tertiary/aromatic N) is 1. The molecule has 0 saturated carbocycles. The van der Waals surface area contributed by atoms with Gasteiger partial charge in [-0.05, 0) is 20.8 Å². The monoisotopic (exact) mass is 228 g/mol. The number of hydrogen-bond acceptors (Lipinski definition) is 5. The van der Waals surface area contributed by atoms with Gasteiger partial charge in [0, 0.05) is 17.6 Å². The number of esters is 1. The highest BCUT2D eigenvalue weighted by molar-refractivity contribution is 7.11. The highest BCUT2D eigenvalue weighted by atomic mass is 32.1. The highest BCUT2D eigenvalue weighted by Gasteiger charge is 2.12. The molecule has 0 bridgehead atoms. The van der Waals surface area contributed by atoms with Gasteiger partial charge in [0.15, 0.2) is 0 Å². The van der Waals surface area contributed by atoms with E-state index in [0.29, 0.717) is 13.2 Å². The van der Waals surface area contributed by atoms with Gasteiger partial charge in [-0.2, -0.15) is 0 Å². The number of thiazole rings is 1. The van der Waals surface area contributed by atoms with Gasteiger partial charge in [-0.1, -0.05) is 0 Å². The first kappa shape index (κ1) is 12.1. The minimum atomic E-state index is -0.271. The number of aryl methyl sites for hydroxylation is 1. The molecule has 84 valence electrons. The van der Waals surface area contributed by atoms with Crippen LogP contribution in [-0.2, 0) is 16.1 Å². The molecule has 0 aliphatic heterocycles. The zero-order valence-electron chi connectivity index (χ0n) is 9.24. The van der Waals surface area contributed by atoms with E-state index < -0.39 is 0 Å². The van der Waals surface area contributed by atoms with Crippen LogP contribution in [0, 0.1) is 6.92 Å². The fourth-order valence-electron chi connectivity index (χ4n) is 1.09. The second-order valence-electron chi connectivity index (χ2n) is 3.20. The average Bonchev–Trinajstić information content (AvgIpc) is 2.61. The van der Waals surface area contributed by atoms with Gasteiger partial charge in [-0.3, -0.25) is 10.1 Å². The number of carbonyl (C=O) groups is 1. The van der Waals surface area contributed by atoms with Crippen molar-refractivity contribution in [1.29, 1.82) is 0 Å². The molecule has 0 aromatic carbocycles. The maximum atomic E-state index is 11.3. The third-order valence-corrected chi connectivity index (χ3v) is 2.80. The van der Waals surface area contributed by atoms with Crippen LogP contribution in [-0.4, -0.2) is 23.6 Å². The molecular formula is C10H16N2O2S. The highest BCUT2D eigenvalue weighted by Crippen LogP contribution is 2.10. The van der Waals surface area contributed by atoms with Crippen LogP contribution in [0.1, 0.15) is 23.7 Å². The van der Waals surface area contributed by atoms with E-state index in [1.807, 2.05) is 13.1 Å². The van der Waals surface area contributed by atoms with Gasteiger partial charge in [0.05, 0.1) is 11.6 Å². The summed E-state index contributed by atoms with van der Waals surface area (Å²) < 4.78 is 4.88. The number of rotatable bonds is 5.